The van der Waals surface area contributed by atoms with Gasteiger partial charge in [0.15, 0.2) is 0 Å². The summed E-state index contributed by atoms with van der Waals surface area (Å²) in [4.78, 5) is 21.6. The van der Waals surface area contributed by atoms with Gasteiger partial charge in [0, 0.05) is 0 Å². The lowest BCUT2D eigenvalue weighted by molar-refractivity contribution is -0.120. The van der Waals surface area contributed by atoms with Crippen LogP contribution in [0, 0.1) is 0 Å². The standard InChI is InChI=1S/C8H14N2O2/c1-2-3-4-5-6-7(11)10-8(12)9-6/h6H,2-5H2,1H3,(H2,9,10,11,12). The van der Waals surface area contributed by atoms with Gasteiger partial charge >= 0.3 is 6.03 Å². The van der Waals surface area contributed by atoms with Gasteiger partial charge in [0.05, 0.1) is 0 Å². The van der Waals surface area contributed by atoms with Crippen molar-refractivity contribution < 1.29 is 9.59 Å². The SMILES string of the molecule is CCCCCC1NC(=O)NC1=O. The van der Waals surface area contributed by atoms with Crippen molar-refractivity contribution in [3.8, 4) is 0 Å². The van der Waals surface area contributed by atoms with Gasteiger partial charge in [-0.3, -0.25) is 10.1 Å². The molecule has 0 radical (unpaired) electrons. The molecule has 1 aliphatic rings. The van der Waals surface area contributed by atoms with Crippen molar-refractivity contribution in [2.45, 2.75) is 38.6 Å². The number of carbonyl (C=O) groups excluding carboxylic acids is 2. The number of hydrogen-bond donors (Lipinski definition) is 2. The Labute approximate surface area is 71.7 Å². The first-order chi connectivity index (χ1) is 5.74. The molecular weight excluding hydrogens is 156 g/mol. The van der Waals surface area contributed by atoms with E-state index in [-0.39, 0.29) is 18.0 Å². The quantitative estimate of drug-likeness (QED) is 0.483. The van der Waals surface area contributed by atoms with Crippen LogP contribution in [0.5, 0.6) is 0 Å². The van der Waals surface area contributed by atoms with Crippen LogP contribution in [0.2, 0.25) is 0 Å². The first kappa shape index (κ1) is 9.03. The Bertz CT molecular complexity index is 191. The molecule has 1 aliphatic heterocycles. The second-order valence-electron chi connectivity index (χ2n) is 3.01. The van der Waals surface area contributed by atoms with E-state index >= 15 is 0 Å². The van der Waals surface area contributed by atoms with Crippen LogP contribution in [0.4, 0.5) is 4.79 Å². The van der Waals surface area contributed by atoms with Crippen molar-refractivity contribution in [3.63, 3.8) is 0 Å². The first-order valence-corrected chi connectivity index (χ1v) is 4.35. The maximum Gasteiger partial charge on any atom is 0.322 e. The van der Waals surface area contributed by atoms with Crippen molar-refractivity contribution in [2.75, 3.05) is 0 Å². The van der Waals surface area contributed by atoms with Gasteiger partial charge in [-0.15, -0.1) is 0 Å². The zero-order chi connectivity index (χ0) is 8.97. The third kappa shape index (κ3) is 2.22. The average molecular weight is 170 g/mol. The van der Waals surface area contributed by atoms with Gasteiger partial charge in [0.25, 0.3) is 5.91 Å². The van der Waals surface area contributed by atoms with Gasteiger partial charge < -0.3 is 5.32 Å². The zero-order valence-electron chi connectivity index (χ0n) is 7.22. The summed E-state index contributed by atoms with van der Waals surface area (Å²) >= 11 is 0. The lowest BCUT2D eigenvalue weighted by Gasteiger charge is -2.04. The van der Waals surface area contributed by atoms with Crippen LogP contribution in [-0.2, 0) is 4.79 Å². The Morgan fingerprint density at radius 3 is 2.58 bits per heavy atom. The highest BCUT2D eigenvalue weighted by Gasteiger charge is 2.28. The monoisotopic (exact) mass is 170 g/mol. The number of amides is 3. The van der Waals surface area contributed by atoms with Crippen LogP contribution < -0.4 is 10.6 Å². The lowest BCUT2D eigenvalue weighted by atomic mass is 10.1. The van der Waals surface area contributed by atoms with E-state index in [4.69, 9.17) is 0 Å². The minimum absolute atomic E-state index is 0.184. The molecule has 1 fully saturated rings. The van der Waals surface area contributed by atoms with Gasteiger partial charge in [-0.1, -0.05) is 26.2 Å². The number of carbonyl (C=O) groups is 2. The largest absolute Gasteiger partial charge is 0.326 e. The molecule has 1 saturated heterocycles. The summed E-state index contributed by atoms with van der Waals surface area (Å²) in [6.07, 6.45) is 3.99. The van der Waals surface area contributed by atoms with Crippen molar-refractivity contribution in [1.29, 1.82) is 0 Å². The van der Waals surface area contributed by atoms with Gasteiger partial charge in [-0.05, 0) is 6.42 Å². The van der Waals surface area contributed by atoms with Crippen LogP contribution in [0.3, 0.4) is 0 Å². The fourth-order valence-corrected chi connectivity index (χ4v) is 1.26. The van der Waals surface area contributed by atoms with Gasteiger partial charge in [0.1, 0.15) is 6.04 Å². The normalized spacial score (nSPS) is 22.2. The molecule has 3 amide bonds. The molecule has 4 heteroatoms. The molecule has 0 aromatic heterocycles. The predicted octanol–water partition coefficient (Wildman–Crippen LogP) is 0.775. The van der Waals surface area contributed by atoms with Crippen LogP contribution in [-0.4, -0.2) is 18.0 Å². The fourth-order valence-electron chi connectivity index (χ4n) is 1.26. The van der Waals surface area contributed by atoms with Crippen LogP contribution >= 0.6 is 0 Å². The van der Waals surface area contributed by atoms with E-state index in [0.29, 0.717) is 0 Å². The maximum atomic E-state index is 11.0. The second-order valence-corrected chi connectivity index (χ2v) is 3.01. The molecule has 0 aromatic rings. The van der Waals surface area contributed by atoms with Crippen molar-refractivity contribution >= 4 is 11.9 Å². The Kier molecular flexibility index (Phi) is 3.08. The summed E-state index contributed by atoms with van der Waals surface area (Å²) in [6.45, 7) is 2.10. The van der Waals surface area contributed by atoms with E-state index in [1.165, 1.54) is 0 Å². The number of hydrogen-bond acceptors (Lipinski definition) is 2. The third-order valence-electron chi connectivity index (χ3n) is 1.95. The van der Waals surface area contributed by atoms with Crippen LogP contribution in [0.1, 0.15) is 32.6 Å². The molecule has 1 unspecified atom stereocenters. The van der Waals surface area contributed by atoms with Crippen LogP contribution in [0.25, 0.3) is 0 Å². The van der Waals surface area contributed by atoms with E-state index in [1.54, 1.807) is 0 Å². The van der Waals surface area contributed by atoms with Crippen molar-refractivity contribution in [2.24, 2.45) is 0 Å². The molecule has 12 heavy (non-hydrogen) atoms. The summed E-state index contributed by atoms with van der Waals surface area (Å²) in [5, 5.41) is 4.77. The molecule has 1 heterocycles. The topological polar surface area (TPSA) is 58.2 Å². The summed E-state index contributed by atoms with van der Waals surface area (Å²) in [5.41, 5.74) is 0. The highest BCUT2D eigenvalue weighted by atomic mass is 16.2. The Hall–Kier alpha value is -1.06. The molecule has 0 saturated carbocycles. The van der Waals surface area contributed by atoms with Gasteiger partial charge in [0.2, 0.25) is 0 Å². The number of unbranched alkanes of at least 4 members (excludes halogenated alkanes) is 2. The predicted molar refractivity (Wildman–Crippen MR) is 44.6 cm³/mol. The third-order valence-corrected chi connectivity index (χ3v) is 1.95. The highest BCUT2D eigenvalue weighted by molar-refractivity contribution is 6.04. The molecule has 0 bridgehead atoms. The fraction of sp³-hybridized carbons (Fsp3) is 0.750. The van der Waals surface area contributed by atoms with E-state index in [1.807, 2.05) is 0 Å². The highest BCUT2D eigenvalue weighted by Crippen LogP contribution is 2.06. The lowest BCUT2D eigenvalue weighted by Crippen LogP contribution is -2.28. The van der Waals surface area contributed by atoms with Gasteiger partial charge in [-0.25, -0.2) is 4.79 Å². The molecule has 68 valence electrons. The van der Waals surface area contributed by atoms with E-state index in [2.05, 4.69) is 17.6 Å². The van der Waals surface area contributed by atoms with Crippen LogP contribution in [0.15, 0.2) is 0 Å². The van der Waals surface area contributed by atoms with E-state index < -0.39 is 0 Å². The minimum atomic E-state index is -0.360. The summed E-state index contributed by atoms with van der Waals surface area (Å²) in [5.74, 6) is -0.184. The van der Waals surface area contributed by atoms with Crippen molar-refractivity contribution in [1.82, 2.24) is 10.6 Å². The molecule has 0 spiro atoms. The van der Waals surface area contributed by atoms with Crippen molar-refractivity contribution in [3.05, 3.63) is 0 Å². The average Bonchev–Trinajstić information content (AvgIpc) is 2.31. The first-order valence-electron chi connectivity index (χ1n) is 4.35. The summed E-state index contributed by atoms with van der Waals surface area (Å²) in [7, 11) is 0. The molecule has 0 aromatic carbocycles. The van der Waals surface area contributed by atoms with Gasteiger partial charge in [-0.2, -0.15) is 0 Å². The Morgan fingerprint density at radius 2 is 2.08 bits per heavy atom. The molecule has 1 rings (SSSR count). The summed E-state index contributed by atoms with van der Waals surface area (Å²) < 4.78 is 0. The number of urea groups is 1. The second kappa shape index (κ2) is 4.09. The molecular formula is C8H14N2O2. The zero-order valence-corrected chi connectivity index (χ0v) is 7.22. The number of imide groups is 1. The Morgan fingerprint density at radius 1 is 1.33 bits per heavy atom. The molecule has 2 N–H and O–H groups in total. The Balaban J connectivity index is 2.24. The maximum absolute atomic E-state index is 11.0. The minimum Gasteiger partial charge on any atom is -0.326 e. The van der Waals surface area contributed by atoms with E-state index in [9.17, 15) is 9.59 Å². The van der Waals surface area contributed by atoms with E-state index in [0.717, 1.165) is 25.7 Å². The molecule has 0 aliphatic carbocycles. The number of rotatable bonds is 4. The smallest absolute Gasteiger partial charge is 0.322 e. The number of nitrogens with one attached hydrogen (secondary N) is 2. The molecule has 1 atom stereocenters. The molecule has 4 nitrogen and oxygen atoms in total. The summed E-state index contributed by atoms with van der Waals surface area (Å²) in [6, 6.07) is -0.648.